The van der Waals surface area contributed by atoms with Crippen LogP contribution in [0.3, 0.4) is 0 Å². The van der Waals surface area contributed by atoms with Gasteiger partial charge in [-0.25, -0.2) is 4.79 Å². The molecule has 0 saturated carbocycles. The van der Waals surface area contributed by atoms with Crippen LogP contribution in [0.25, 0.3) is 0 Å². The molecule has 5 nitrogen and oxygen atoms in total. The fourth-order valence-electron chi connectivity index (χ4n) is 1.28. The van der Waals surface area contributed by atoms with Crippen LogP contribution in [0, 0.1) is 0 Å². The molecule has 0 spiro atoms. The first-order valence-electron chi connectivity index (χ1n) is 5.04. The quantitative estimate of drug-likeness (QED) is 0.427. The lowest BCUT2D eigenvalue weighted by molar-refractivity contribution is 0.0527. The molecule has 18 heavy (non-hydrogen) atoms. The zero-order valence-corrected chi connectivity index (χ0v) is 10.3. The third kappa shape index (κ3) is 4.54. The van der Waals surface area contributed by atoms with Crippen LogP contribution in [0.4, 0.5) is 0 Å². The second-order valence-corrected chi connectivity index (χ2v) is 5.11. The van der Waals surface area contributed by atoms with Gasteiger partial charge in [0.2, 0.25) is 0 Å². The molecule has 0 saturated heterocycles. The number of carbonyl (C=O) groups is 1. The first kappa shape index (κ1) is 14.8. The second-order valence-electron chi connectivity index (χ2n) is 3.54. The molecule has 1 N–H and O–H groups in total. The van der Waals surface area contributed by atoms with Crippen molar-refractivity contribution in [3.05, 3.63) is 29.3 Å². The van der Waals surface area contributed by atoms with Crippen LogP contribution in [0.2, 0.25) is 0 Å². The molecule has 0 unspecified atom stereocenters. The summed E-state index contributed by atoms with van der Waals surface area (Å²) in [5.74, 6) is -1.38. The van der Waals surface area contributed by atoms with E-state index in [2.05, 4.69) is 0 Å². The van der Waals surface area contributed by atoms with Gasteiger partial charge >= 0.3 is 5.97 Å². The number of carbonyl (C=O) groups excluding carboxylic acids is 1. The fraction of sp³-hybridized carbons (Fsp3) is 0.300. The van der Waals surface area contributed by atoms with Gasteiger partial charge in [0.15, 0.2) is 0 Å². The minimum absolute atomic E-state index is 0.128. The van der Waals surface area contributed by atoms with Gasteiger partial charge in [-0.15, -0.1) is 0 Å². The van der Waals surface area contributed by atoms with Gasteiger partial charge in [0, 0.05) is 0 Å². The van der Waals surface area contributed by atoms with Crippen LogP contribution in [-0.2, 0) is 21.2 Å². The van der Waals surface area contributed by atoms with Crippen molar-refractivity contribution in [3.8, 4) is 0 Å². The van der Waals surface area contributed by atoms with E-state index in [0.717, 1.165) is 0 Å². The molecule has 0 heterocycles. The molecule has 1 aromatic carbocycles. The van der Waals surface area contributed by atoms with Crippen molar-refractivity contribution in [3.63, 3.8) is 0 Å². The van der Waals surface area contributed by atoms with E-state index in [1.54, 1.807) is 12.1 Å². The summed E-state index contributed by atoms with van der Waals surface area (Å²) in [5.41, 5.74) is 1.10. The van der Waals surface area contributed by atoms with Crippen LogP contribution in [0.15, 0.2) is 18.2 Å². The zero-order valence-electron chi connectivity index (χ0n) is 9.50. The largest absolute Gasteiger partial charge is 0.461 e. The monoisotopic (exact) mass is 264 g/mol. The Hall–Kier alpha value is -1.27. The molecule has 0 amide bonds. The van der Waals surface area contributed by atoms with Crippen molar-refractivity contribution < 1.29 is 22.5 Å². The molecule has 0 aliphatic rings. The van der Waals surface area contributed by atoms with E-state index in [9.17, 15) is 13.2 Å². The molecule has 8 heteroatoms. The maximum Gasteiger partial charge on any atom is 0.338 e. The van der Waals surface area contributed by atoms with E-state index in [1.165, 1.54) is 6.07 Å². The standard InChI is InChI=1S/C10H10B2O5S/c11-6-7-1-2-8(12)5-9(7)10(13)17-3-4-18(14,15)16/h1-2,5H,3-4,6H2,(H,14,15,16). The van der Waals surface area contributed by atoms with E-state index in [0.29, 0.717) is 11.0 Å². The number of benzene rings is 1. The van der Waals surface area contributed by atoms with Crippen LogP contribution < -0.4 is 5.46 Å². The van der Waals surface area contributed by atoms with Gasteiger partial charge in [0.25, 0.3) is 10.1 Å². The zero-order chi connectivity index (χ0) is 13.8. The van der Waals surface area contributed by atoms with Gasteiger partial charge < -0.3 is 4.74 Å². The third-order valence-electron chi connectivity index (χ3n) is 2.15. The summed E-state index contributed by atoms with van der Waals surface area (Å²) >= 11 is 0. The number of hydrogen-bond donors (Lipinski definition) is 1. The first-order chi connectivity index (χ1) is 8.33. The Morgan fingerprint density at radius 1 is 1.39 bits per heavy atom. The average Bonchev–Trinajstić information content (AvgIpc) is 2.27. The summed E-state index contributed by atoms with van der Waals surface area (Å²) < 4.78 is 34.1. The Balaban J connectivity index is 2.75. The third-order valence-corrected chi connectivity index (χ3v) is 2.83. The highest BCUT2D eigenvalue weighted by molar-refractivity contribution is 7.85. The molecule has 1 aromatic rings. The van der Waals surface area contributed by atoms with Crippen LogP contribution >= 0.6 is 0 Å². The number of ether oxygens (including phenoxy) is 1. The highest BCUT2D eigenvalue weighted by atomic mass is 32.2. The number of hydrogen-bond acceptors (Lipinski definition) is 4. The highest BCUT2D eigenvalue weighted by Crippen LogP contribution is 2.08. The second kappa shape index (κ2) is 6.06. The molecular weight excluding hydrogens is 254 g/mol. The van der Waals surface area contributed by atoms with Crippen molar-refractivity contribution in [2.75, 3.05) is 12.4 Å². The maximum atomic E-state index is 11.7. The SMILES string of the molecule is [B]Cc1ccc([B])cc1C(=O)OCCS(=O)(=O)O. The summed E-state index contributed by atoms with van der Waals surface area (Å²) in [6, 6.07) is 4.59. The summed E-state index contributed by atoms with van der Waals surface area (Å²) in [6.45, 7) is -0.434. The Labute approximate surface area is 108 Å². The van der Waals surface area contributed by atoms with Crippen molar-refractivity contribution in [1.29, 1.82) is 0 Å². The molecule has 0 aliphatic carbocycles. The fourth-order valence-corrected chi connectivity index (χ4v) is 1.57. The normalized spacial score (nSPS) is 11.2. The lowest BCUT2D eigenvalue weighted by Crippen LogP contribution is -2.17. The minimum Gasteiger partial charge on any atom is -0.461 e. The summed E-state index contributed by atoms with van der Waals surface area (Å²) in [7, 11) is 6.83. The number of esters is 1. The minimum atomic E-state index is -4.15. The first-order valence-corrected chi connectivity index (χ1v) is 6.65. The molecular formula is C10H10B2O5S. The van der Waals surface area contributed by atoms with Crippen molar-refractivity contribution in [1.82, 2.24) is 0 Å². The predicted molar refractivity (Wildman–Crippen MR) is 68.0 cm³/mol. The lowest BCUT2D eigenvalue weighted by Gasteiger charge is -2.09. The predicted octanol–water partition coefficient (Wildman–Crippen LogP) is -0.806. The van der Waals surface area contributed by atoms with Crippen LogP contribution in [-0.4, -0.2) is 47.0 Å². The molecule has 0 aromatic heterocycles. The highest BCUT2D eigenvalue weighted by Gasteiger charge is 2.13. The van der Waals surface area contributed by atoms with Gasteiger partial charge in [0.05, 0.1) is 13.4 Å². The summed E-state index contributed by atoms with van der Waals surface area (Å²) in [4.78, 5) is 11.7. The van der Waals surface area contributed by atoms with E-state index in [-0.39, 0.29) is 11.9 Å². The van der Waals surface area contributed by atoms with Gasteiger partial charge in [0.1, 0.15) is 20.2 Å². The topological polar surface area (TPSA) is 80.7 Å². The lowest BCUT2D eigenvalue weighted by atomic mass is 9.87. The smallest absolute Gasteiger partial charge is 0.338 e. The molecule has 92 valence electrons. The molecule has 0 aliphatic heterocycles. The van der Waals surface area contributed by atoms with Gasteiger partial charge in [-0.1, -0.05) is 30.0 Å². The summed E-state index contributed by atoms with van der Waals surface area (Å²) in [5, 5.41) is 0. The molecule has 1 rings (SSSR count). The van der Waals surface area contributed by atoms with E-state index >= 15 is 0 Å². The molecule has 0 atom stereocenters. The summed E-state index contributed by atoms with van der Waals surface area (Å²) in [6.07, 6.45) is 0.128. The Morgan fingerprint density at radius 3 is 2.61 bits per heavy atom. The van der Waals surface area contributed by atoms with E-state index in [1.807, 2.05) is 0 Å². The molecule has 0 bridgehead atoms. The van der Waals surface area contributed by atoms with Crippen molar-refractivity contribution in [2.45, 2.75) is 6.32 Å². The average molecular weight is 264 g/mol. The Kier molecular flexibility index (Phi) is 4.98. The Morgan fingerprint density at radius 2 is 2.06 bits per heavy atom. The van der Waals surface area contributed by atoms with Crippen LogP contribution in [0.1, 0.15) is 15.9 Å². The van der Waals surface area contributed by atoms with Crippen LogP contribution in [0.5, 0.6) is 0 Å². The van der Waals surface area contributed by atoms with Crippen molar-refractivity contribution in [2.24, 2.45) is 0 Å². The van der Waals surface area contributed by atoms with Gasteiger partial charge in [-0.05, 0) is 5.56 Å². The molecule has 4 radical (unpaired) electrons. The molecule has 0 fully saturated rings. The van der Waals surface area contributed by atoms with Gasteiger partial charge in [-0.2, -0.15) is 8.42 Å². The maximum absolute atomic E-state index is 11.7. The van der Waals surface area contributed by atoms with E-state index in [4.69, 9.17) is 25.0 Å². The number of rotatable bonds is 5. The van der Waals surface area contributed by atoms with Gasteiger partial charge in [-0.3, -0.25) is 4.55 Å². The van der Waals surface area contributed by atoms with E-state index < -0.39 is 28.4 Å². The van der Waals surface area contributed by atoms with Crippen molar-refractivity contribution >= 4 is 37.2 Å². The Bertz CT molecular complexity index is 541.